The van der Waals surface area contributed by atoms with Crippen LogP contribution in [0.1, 0.15) is 36.0 Å². The molecule has 3 aromatic rings. The van der Waals surface area contributed by atoms with E-state index in [-0.39, 0.29) is 32.1 Å². The van der Waals surface area contributed by atoms with Crippen molar-refractivity contribution in [3.8, 4) is 11.1 Å². The third-order valence-corrected chi connectivity index (χ3v) is 6.84. The molecule has 1 heterocycles. The molecule has 5 rings (SSSR count). The van der Waals surface area contributed by atoms with E-state index in [1.54, 1.807) is 12.0 Å². The summed E-state index contributed by atoms with van der Waals surface area (Å²) < 4.78 is 10.6. The number of hydroxylamine groups is 2. The molecule has 0 spiro atoms. The Hall–Kier alpha value is -4.21. The van der Waals surface area contributed by atoms with E-state index < -0.39 is 30.2 Å². The number of rotatable bonds is 9. The van der Waals surface area contributed by atoms with Gasteiger partial charge in [0.05, 0.1) is 13.2 Å². The van der Waals surface area contributed by atoms with E-state index in [9.17, 15) is 14.4 Å². The van der Waals surface area contributed by atoms with Gasteiger partial charge in [0.1, 0.15) is 19.3 Å². The Morgan fingerprint density at radius 3 is 2.21 bits per heavy atom. The lowest BCUT2D eigenvalue weighted by Crippen LogP contribution is -2.47. The van der Waals surface area contributed by atoms with Gasteiger partial charge in [0, 0.05) is 12.3 Å². The molecule has 39 heavy (non-hydrogen) atoms. The molecule has 0 saturated carbocycles. The summed E-state index contributed by atoms with van der Waals surface area (Å²) in [5, 5.41) is 6.92. The maximum atomic E-state index is 12.7. The molecule has 202 valence electrons. The smallest absolute Gasteiger partial charge is 0.407 e. The quantitative estimate of drug-likeness (QED) is 0.407. The summed E-state index contributed by atoms with van der Waals surface area (Å²) in [6.07, 6.45) is -1.85. The molecule has 2 N–H and O–H groups in total. The Balaban J connectivity index is 1.14. The normalized spacial score (nSPS) is 18.2. The maximum Gasteiger partial charge on any atom is 0.407 e. The minimum atomic E-state index is -0.825. The predicted molar refractivity (Wildman–Crippen MR) is 143 cm³/mol. The first-order valence-corrected chi connectivity index (χ1v) is 13.1. The summed E-state index contributed by atoms with van der Waals surface area (Å²) in [5.74, 6) is -0.984. The van der Waals surface area contributed by atoms with E-state index in [1.807, 2.05) is 66.7 Å². The Labute approximate surface area is 227 Å². The standard InChI is InChI=1S/C30H31N3O6/c1-2-37-29(35)26-16-27(33(39-26)18-20-10-4-3-5-11-20)32-28(34)17-31-30(36)38-19-25-23-14-8-6-12-21(23)22-13-7-9-15-24(22)25/h3-15,25-27H,2,16-19H2,1H3,(H,31,36)(H,32,34)/t26-,27+/m1/s1. The summed E-state index contributed by atoms with van der Waals surface area (Å²) in [4.78, 5) is 43.3. The monoisotopic (exact) mass is 529 g/mol. The molecule has 2 atom stereocenters. The molecular formula is C30H31N3O6. The van der Waals surface area contributed by atoms with Gasteiger partial charge < -0.3 is 20.1 Å². The lowest BCUT2D eigenvalue weighted by Gasteiger charge is -2.23. The minimum absolute atomic E-state index is 0.0704. The third kappa shape index (κ3) is 6.10. The summed E-state index contributed by atoms with van der Waals surface area (Å²) in [7, 11) is 0. The van der Waals surface area contributed by atoms with Gasteiger partial charge in [-0.15, -0.1) is 0 Å². The number of carbonyl (C=O) groups excluding carboxylic acids is 3. The molecule has 0 unspecified atom stereocenters. The molecule has 0 aromatic heterocycles. The zero-order valence-electron chi connectivity index (χ0n) is 21.7. The Morgan fingerprint density at radius 2 is 1.54 bits per heavy atom. The highest BCUT2D eigenvalue weighted by atomic mass is 16.7. The Bertz CT molecular complexity index is 1290. The molecule has 9 nitrogen and oxygen atoms in total. The summed E-state index contributed by atoms with van der Waals surface area (Å²) >= 11 is 0. The SMILES string of the molecule is CCOC(=O)[C@H]1C[C@@H](NC(=O)CNC(=O)OCC2c3ccccc3-c3ccccc32)N(Cc2ccccc2)O1. The number of hydrogen-bond donors (Lipinski definition) is 2. The molecule has 2 amide bonds. The number of benzene rings is 3. The first kappa shape index (κ1) is 26.4. The van der Waals surface area contributed by atoms with Crippen molar-refractivity contribution in [3.05, 3.63) is 95.6 Å². The molecule has 1 fully saturated rings. The van der Waals surface area contributed by atoms with Gasteiger partial charge >= 0.3 is 12.1 Å². The van der Waals surface area contributed by atoms with Crippen LogP contribution in [0.2, 0.25) is 0 Å². The number of hydrogen-bond acceptors (Lipinski definition) is 7. The van der Waals surface area contributed by atoms with E-state index >= 15 is 0 Å². The lowest BCUT2D eigenvalue weighted by molar-refractivity contribution is -0.195. The minimum Gasteiger partial charge on any atom is -0.464 e. The average Bonchev–Trinajstić information content (AvgIpc) is 3.50. The number of nitrogens with one attached hydrogen (secondary N) is 2. The molecule has 1 aliphatic carbocycles. The Kier molecular flexibility index (Phi) is 8.19. The van der Waals surface area contributed by atoms with Gasteiger partial charge in [0.2, 0.25) is 5.91 Å². The van der Waals surface area contributed by atoms with Gasteiger partial charge in [0.15, 0.2) is 6.10 Å². The van der Waals surface area contributed by atoms with Crippen LogP contribution in [-0.2, 0) is 30.4 Å². The molecule has 2 aliphatic rings. The highest BCUT2D eigenvalue weighted by molar-refractivity contribution is 5.83. The second-order valence-electron chi connectivity index (χ2n) is 9.41. The molecular weight excluding hydrogens is 498 g/mol. The van der Waals surface area contributed by atoms with E-state index in [0.29, 0.717) is 6.54 Å². The van der Waals surface area contributed by atoms with Crippen LogP contribution in [0.25, 0.3) is 11.1 Å². The number of esters is 1. The molecule has 1 saturated heterocycles. The largest absolute Gasteiger partial charge is 0.464 e. The highest BCUT2D eigenvalue weighted by Crippen LogP contribution is 2.44. The second kappa shape index (κ2) is 12.1. The topological polar surface area (TPSA) is 106 Å². The van der Waals surface area contributed by atoms with Crippen molar-refractivity contribution >= 4 is 18.0 Å². The van der Waals surface area contributed by atoms with Gasteiger partial charge in [-0.05, 0) is 34.7 Å². The fourth-order valence-corrected chi connectivity index (χ4v) is 5.06. The van der Waals surface area contributed by atoms with Crippen LogP contribution in [0.5, 0.6) is 0 Å². The number of fused-ring (bicyclic) bond motifs is 3. The molecule has 0 radical (unpaired) electrons. The van der Waals surface area contributed by atoms with Crippen LogP contribution in [0.4, 0.5) is 4.79 Å². The fraction of sp³-hybridized carbons (Fsp3) is 0.300. The number of nitrogens with zero attached hydrogens (tertiary/aromatic N) is 1. The van der Waals surface area contributed by atoms with E-state index in [0.717, 1.165) is 27.8 Å². The second-order valence-corrected chi connectivity index (χ2v) is 9.41. The zero-order chi connectivity index (χ0) is 27.2. The van der Waals surface area contributed by atoms with Crippen molar-refractivity contribution in [2.24, 2.45) is 0 Å². The Morgan fingerprint density at radius 1 is 0.897 bits per heavy atom. The van der Waals surface area contributed by atoms with Crippen molar-refractivity contribution in [1.29, 1.82) is 0 Å². The maximum absolute atomic E-state index is 12.7. The van der Waals surface area contributed by atoms with Crippen molar-refractivity contribution in [2.45, 2.75) is 38.1 Å². The summed E-state index contributed by atoms with van der Waals surface area (Å²) in [6.45, 7) is 2.20. The number of carbonyl (C=O) groups is 3. The van der Waals surface area contributed by atoms with Crippen LogP contribution in [0.15, 0.2) is 78.9 Å². The summed E-state index contributed by atoms with van der Waals surface area (Å²) in [5.41, 5.74) is 5.46. The molecule has 9 heteroatoms. The predicted octanol–water partition coefficient (Wildman–Crippen LogP) is 3.74. The van der Waals surface area contributed by atoms with Gasteiger partial charge in [0.25, 0.3) is 0 Å². The molecule has 1 aliphatic heterocycles. The number of alkyl carbamates (subject to hydrolysis) is 1. The van der Waals surface area contributed by atoms with Gasteiger partial charge in [-0.25, -0.2) is 9.59 Å². The van der Waals surface area contributed by atoms with E-state index in [2.05, 4.69) is 22.8 Å². The number of amides is 2. The third-order valence-electron chi connectivity index (χ3n) is 6.84. The number of ether oxygens (including phenoxy) is 2. The van der Waals surface area contributed by atoms with Gasteiger partial charge in [-0.1, -0.05) is 78.9 Å². The zero-order valence-corrected chi connectivity index (χ0v) is 21.7. The van der Waals surface area contributed by atoms with Crippen molar-refractivity contribution in [3.63, 3.8) is 0 Å². The first-order chi connectivity index (χ1) is 19.0. The highest BCUT2D eigenvalue weighted by Gasteiger charge is 2.39. The van der Waals surface area contributed by atoms with Gasteiger partial charge in [-0.3, -0.25) is 9.63 Å². The van der Waals surface area contributed by atoms with Gasteiger partial charge in [-0.2, -0.15) is 5.06 Å². The van der Waals surface area contributed by atoms with Crippen molar-refractivity contribution < 1.29 is 28.7 Å². The van der Waals surface area contributed by atoms with E-state index in [4.69, 9.17) is 14.3 Å². The van der Waals surface area contributed by atoms with Crippen LogP contribution < -0.4 is 10.6 Å². The molecule has 3 aromatic carbocycles. The van der Waals surface area contributed by atoms with Crippen LogP contribution in [0, 0.1) is 0 Å². The van der Waals surface area contributed by atoms with Crippen molar-refractivity contribution in [2.75, 3.05) is 19.8 Å². The first-order valence-electron chi connectivity index (χ1n) is 13.1. The van der Waals surface area contributed by atoms with E-state index in [1.165, 1.54) is 0 Å². The lowest BCUT2D eigenvalue weighted by atomic mass is 9.98. The van der Waals surface area contributed by atoms with Crippen LogP contribution in [0.3, 0.4) is 0 Å². The summed E-state index contributed by atoms with van der Waals surface area (Å²) in [6, 6.07) is 25.7. The average molecular weight is 530 g/mol. The van der Waals surface area contributed by atoms with Crippen LogP contribution >= 0.6 is 0 Å². The fourth-order valence-electron chi connectivity index (χ4n) is 5.06. The van der Waals surface area contributed by atoms with Crippen molar-refractivity contribution in [1.82, 2.24) is 15.7 Å². The van der Waals surface area contributed by atoms with Crippen LogP contribution in [-0.4, -0.2) is 55.1 Å². The molecule has 0 bridgehead atoms.